The fourth-order valence-electron chi connectivity index (χ4n) is 3.00. The molecule has 0 atom stereocenters. The van der Waals surface area contributed by atoms with Crippen LogP contribution in [0.25, 0.3) is 0 Å². The van der Waals surface area contributed by atoms with Crippen LogP contribution in [0.4, 0.5) is 11.4 Å². The van der Waals surface area contributed by atoms with Crippen LogP contribution in [0, 0.1) is 0 Å². The highest BCUT2D eigenvalue weighted by molar-refractivity contribution is 6.35. The minimum absolute atomic E-state index is 0.149. The Labute approximate surface area is 180 Å². The van der Waals surface area contributed by atoms with E-state index in [1.807, 2.05) is 0 Å². The average molecular weight is 429 g/mol. The first-order chi connectivity index (χ1) is 14.0. The molecule has 0 spiro atoms. The van der Waals surface area contributed by atoms with Gasteiger partial charge in [0.15, 0.2) is 6.29 Å². The fourth-order valence-corrected chi connectivity index (χ4v) is 3.28. The summed E-state index contributed by atoms with van der Waals surface area (Å²) in [5, 5.41) is 6.62. The first-order valence-corrected chi connectivity index (χ1v) is 10.9. The number of unbranched alkanes of at least 4 members (excludes halogenated alkanes) is 7. The molecule has 0 saturated carbocycles. The van der Waals surface area contributed by atoms with Crippen molar-refractivity contribution in [3.8, 4) is 5.75 Å². The first-order valence-electron chi connectivity index (χ1n) is 10.6. The van der Waals surface area contributed by atoms with Crippen molar-refractivity contribution < 1.29 is 19.0 Å². The third-order valence-corrected chi connectivity index (χ3v) is 5.03. The molecule has 1 aromatic rings. The number of carbonyl (C=O) groups is 1. The van der Waals surface area contributed by atoms with E-state index in [0.717, 1.165) is 13.0 Å². The number of benzene rings is 1. The van der Waals surface area contributed by atoms with E-state index in [0.29, 0.717) is 22.1 Å². The summed E-state index contributed by atoms with van der Waals surface area (Å²) in [5.41, 5.74) is 1.32. The van der Waals surface area contributed by atoms with Gasteiger partial charge in [-0.25, -0.2) is 0 Å². The van der Waals surface area contributed by atoms with Crippen LogP contribution in [-0.2, 0) is 14.3 Å². The predicted molar refractivity (Wildman–Crippen MR) is 120 cm³/mol. The Morgan fingerprint density at radius 3 is 2.24 bits per heavy atom. The lowest BCUT2D eigenvalue weighted by Gasteiger charge is -2.19. The Kier molecular flexibility index (Phi) is 13.5. The lowest BCUT2D eigenvalue weighted by atomic mass is 10.1. The van der Waals surface area contributed by atoms with E-state index in [-0.39, 0.29) is 12.5 Å². The molecule has 0 saturated heterocycles. The third-order valence-electron chi connectivity index (χ3n) is 4.65. The highest BCUT2D eigenvalue weighted by Gasteiger charge is 2.15. The summed E-state index contributed by atoms with van der Waals surface area (Å²) in [5.74, 6) is 0.363. The number of ether oxygens (including phenoxy) is 3. The number of hydrogen-bond donors (Lipinski definition) is 2. The van der Waals surface area contributed by atoms with Crippen molar-refractivity contribution in [1.29, 1.82) is 0 Å². The molecule has 2 N–H and O–H groups in total. The summed E-state index contributed by atoms with van der Waals surface area (Å²) in [6, 6.07) is 3.52. The van der Waals surface area contributed by atoms with Gasteiger partial charge in [-0.05, 0) is 18.6 Å². The second-order valence-corrected chi connectivity index (χ2v) is 7.47. The molecule has 0 heterocycles. The van der Waals surface area contributed by atoms with Crippen molar-refractivity contribution in [3.05, 3.63) is 17.2 Å². The Balaban J connectivity index is 2.61. The maximum Gasteiger partial charge on any atom is 0.221 e. The molecule has 166 valence electrons. The van der Waals surface area contributed by atoms with Gasteiger partial charge in [0, 0.05) is 27.7 Å². The molecular weight excluding hydrogens is 392 g/mol. The van der Waals surface area contributed by atoms with E-state index in [1.165, 1.54) is 51.9 Å². The molecule has 6 nitrogen and oxygen atoms in total. The molecule has 0 fully saturated rings. The molecule has 0 aliphatic heterocycles. The Hall–Kier alpha value is -1.50. The van der Waals surface area contributed by atoms with E-state index in [9.17, 15) is 4.79 Å². The lowest BCUT2D eigenvalue weighted by Crippen LogP contribution is -2.22. The Bertz CT molecular complexity index is 594. The number of halogens is 1. The predicted octanol–water partition coefficient (Wildman–Crippen LogP) is 5.85. The van der Waals surface area contributed by atoms with Gasteiger partial charge in [0.2, 0.25) is 5.91 Å². The highest BCUT2D eigenvalue weighted by Crippen LogP contribution is 2.38. The summed E-state index contributed by atoms with van der Waals surface area (Å²) < 4.78 is 16.0. The molecule has 0 aliphatic rings. The van der Waals surface area contributed by atoms with Gasteiger partial charge < -0.3 is 24.8 Å². The topological polar surface area (TPSA) is 68.8 Å². The van der Waals surface area contributed by atoms with Crippen LogP contribution in [0.2, 0.25) is 5.02 Å². The number of anilines is 2. The van der Waals surface area contributed by atoms with Crippen LogP contribution in [0.3, 0.4) is 0 Å². The minimum Gasteiger partial charge on any atom is -0.487 e. The van der Waals surface area contributed by atoms with Crippen LogP contribution in [0.1, 0.15) is 65.2 Å². The fraction of sp³-hybridized carbons (Fsp3) is 0.682. The zero-order valence-electron chi connectivity index (χ0n) is 18.3. The molecule has 1 aromatic carbocycles. The van der Waals surface area contributed by atoms with Crippen LogP contribution in [0.5, 0.6) is 5.75 Å². The number of methoxy groups -OCH3 is 2. The summed E-state index contributed by atoms with van der Waals surface area (Å²) in [6.07, 6.45) is 9.55. The van der Waals surface area contributed by atoms with Crippen molar-refractivity contribution in [1.82, 2.24) is 0 Å². The second kappa shape index (κ2) is 15.4. The summed E-state index contributed by atoms with van der Waals surface area (Å²) in [6.45, 7) is 4.70. The Morgan fingerprint density at radius 2 is 1.66 bits per heavy atom. The van der Waals surface area contributed by atoms with Crippen molar-refractivity contribution >= 4 is 28.9 Å². The van der Waals surface area contributed by atoms with Crippen molar-refractivity contribution in [2.75, 3.05) is 38.0 Å². The molecule has 0 unspecified atom stereocenters. The van der Waals surface area contributed by atoms with E-state index >= 15 is 0 Å². The highest BCUT2D eigenvalue weighted by atomic mass is 35.5. The maximum absolute atomic E-state index is 11.5. The number of nitrogens with one attached hydrogen (secondary N) is 2. The molecule has 1 amide bonds. The third kappa shape index (κ3) is 10.2. The largest absolute Gasteiger partial charge is 0.487 e. The zero-order valence-corrected chi connectivity index (χ0v) is 19.1. The second-order valence-electron chi connectivity index (χ2n) is 7.10. The van der Waals surface area contributed by atoms with Crippen LogP contribution < -0.4 is 15.4 Å². The number of hydrogen-bond acceptors (Lipinski definition) is 5. The summed E-state index contributed by atoms with van der Waals surface area (Å²) in [4.78, 5) is 11.5. The van der Waals surface area contributed by atoms with E-state index in [2.05, 4.69) is 17.6 Å². The van der Waals surface area contributed by atoms with Gasteiger partial charge in [-0.3, -0.25) is 4.79 Å². The molecule has 1 rings (SSSR count). The van der Waals surface area contributed by atoms with Gasteiger partial charge in [0.05, 0.1) is 11.4 Å². The van der Waals surface area contributed by atoms with E-state index in [4.69, 9.17) is 25.8 Å². The molecule has 7 heteroatoms. The molecule has 0 radical (unpaired) electrons. The first kappa shape index (κ1) is 25.5. The molecule has 0 bridgehead atoms. The van der Waals surface area contributed by atoms with Gasteiger partial charge in [-0.15, -0.1) is 0 Å². The normalized spacial score (nSPS) is 11.0. The summed E-state index contributed by atoms with van der Waals surface area (Å²) >= 11 is 6.56. The van der Waals surface area contributed by atoms with Crippen LogP contribution >= 0.6 is 11.6 Å². The Morgan fingerprint density at radius 1 is 1.03 bits per heavy atom. The monoisotopic (exact) mass is 428 g/mol. The molecular formula is C22H37ClN2O4. The molecule has 0 aliphatic carbocycles. The summed E-state index contributed by atoms with van der Waals surface area (Å²) in [7, 11) is 3.10. The number of carbonyl (C=O) groups excluding carboxylic acids is 1. The van der Waals surface area contributed by atoms with Gasteiger partial charge in [0.25, 0.3) is 0 Å². The van der Waals surface area contributed by atoms with Crippen molar-refractivity contribution in [2.45, 2.75) is 71.5 Å². The average Bonchev–Trinajstić information content (AvgIpc) is 2.70. The number of rotatable bonds is 16. The van der Waals surface area contributed by atoms with Gasteiger partial charge >= 0.3 is 0 Å². The van der Waals surface area contributed by atoms with Crippen molar-refractivity contribution in [2.24, 2.45) is 0 Å². The van der Waals surface area contributed by atoms with Gasteiger partial charge in [-0.2, -0.15) is 0 Å². The van der Waals surface area contributed by atoms with Gasteiger partial charge in [-0.1, -0.05) is 63.5 Å². The standard InChI is InChI=1S/C22H37ClN2O4/c1-5-6-7-8-9-10-11-12-15-24-22-18(25-17(2)26)13-14-19(21(22)23)29-16-20(27-3)28-4/h13-14,20,24H,5-12,15-16H2,1-4H3,(H,25,26). The van der Waals surface area contributed by atoms with E-state index in [1.54, 1.807) is 26.4 Å². The lowest BCUT2D eigenvalue weighted by molar-refractivity contribution is -0.121. The minimum atomic E-state index is -0.477. The zero-order chi connectivity index (χ0) is 21.5. The van der Waals surface area contributed by atoms with Crippen LogP contribution in [-0.4, -0.2) is 39.6 Å². The smallest absolute Gasteiger partial charge is 0.221 e. The molecule has 29 heavy (non-hydrogen) atoms. The maximum atomic E-state index is 11.5. The molecule has 0 aromatic heterocycles. The van der Waals surface area contributed by atoms with E-state index < -0.39 is 6.29 Å². The number of amides is 1. The SMILES string of the molecule is CCCCCCCCCCNc1c(NC(C)=O)ccc(OCC(OC)OC)c1Cl. The quantitative estimate of drug-likeness (QED) is 0.255. The van der Waals surface area contributed by atoms with Gasteiger partial charge in [0.1, 0.15) is 17.4 Å². The van der Waals surface area contributed by atoms with Crippen LogP contribution in [0.15, 0.2) is 12.1 Å². The van der Waals surface area contributed by atoms with Crippen molar-refractivity contribution in [3.63, 3.8) is 0 Å².